The van der Waals surface area contributed by atoms with Crippen molar-refractivity contribution in [1.29, 1.82) is 0 Å². The first-order chi connectivity index (χ1) is 4.46. The normalized spacial score (nSPS) is 21.6. The topological polar surface area (TPSA) is 26.3 Å². The molecule has 1 saturated heterocycles. The summed E-state index contributed by atoms with van der Waals surface area (Å²) in [5.41, 5.74) is 0. The Labute approximate surface area is 76.6 Å². The predicted octanol–water partition coefficient (Wildman–Crippen LogP) is 2.36. The summed E-state index contributed by atoms with van der Waals surface area (Å²) in [5.74, 6) is -0.867. The van der Waals surface area contributed by atoms with Crippen molar-refractivity contribution in [1.82, 2.24) is 0 Å². The van der Waals surface area contributed by atoms with E-state index in [2.05, 4.69) is 4.74 Å². The van der Waals surface area contributed by atoms with E-state index in [1.165, 1.54) is 0 Å². The number of ether oxygens (including phenoxy) is 1. The van der Waals surface area contributed by atoms with Crippen molar-refractivity contribution in [2.75, 3.05) is 0 Å². The molecule has 1 heterocycles. The zero-order valence-corrected chi connectivity index (χ0v) is 7.35. The molecule has 1 rings (SSSR count). The minimum atomic E-state index is -1.68. The Morgan fingerprint density at radius 2 is 1.90 bits per heavy atom. The van der Waals surface area contributed by atoms with Gasteiger partial charge in [-0.2, -0.15) is 0 Å². The second-order valence-corrected chi connectivity index (χ2v) is 3.83. The highest BCUT2D eigenvalue weighted by atomic mass is 35.5. The largest absolute Gasteiger partial charge is 0.422 e. The molecule has 1 aliphatic heterocycles. The first-order valence-corrected chi connectivity index (χ1v) is 3.63. The summed E-state index contributed by atoms with van der Waals surface area (Å²) in [7, 11) is 0. The molecule has 56 valence electrons. The van der Waals surface area contributed by atoms with Crippen molar-refractivity contribution in [3.63, 3.8) is 0 Å². The summed E-state index contributed by atoms with van der Waals surface area (Å²) in [6, 6.07) is 0. The summed E-state index contributed by atoms with van der Waals surface area (Å²) >= 11 is 21.2. The van der Waals surface area contributed by atoms with E-state index in [9.17, 15) is 4.79 Å². The zero-order valence-electron chi connectivity index (χ0n) is 4.33. The quantitative estimate of drug-likeness (QED) is 0.464. The Morgan fingerprint density at radius 3 is 2.00 bits per heavy atom. The summed E-state index contributed by atoms with van der Waals surface area (Å²) < 4.78 is 2.42. The number of hydrogen-bond acceptors (Lipinski definition) is 2. The van der Waals surface area contributed by atoms with Crippen molar-refractivity contribution in [2.24, 2.45) is 0 Å². The molecule has 0 atom stereocenters. The van der Waals surface area contributed by atoms with Gasteiger partial charge in [0.15, 0.2) is 5.76 Å². The van der Waals surface area contributed by atoms with Crippen molar-refractivity contribution in [3.8, 4) is 0 Å². The number of carbonyl (C=O) groups is 1. The molecular formula is C4Cl4O2. The third-order valence-electron chi connectivity index (χ3n) is 0.908. The van der Waals surface area contributed by atoms with Gasteiger partial charge >= 0.3 is 5.97 Å². The van der Waals surface area contributed by atoms with Crippen LogP contribution < -0.4 is 0 Å². The van der Waals surface area contributed by atoms with Gasteiger partial charge in [-0.1, -0.05) is 46.4 Å². The number of hydrogen-bond donors (Lipinski definition) is 0. The number of halogens is 4. The SMILES string of the molecule is O=C1OC(=C(Cl)Cl)C1(Cl)Cl. The fourth-order valence-corrected chi connectivity index (χ4v) is 1.32. The van der Waals surface area contributed by atoms with Crippen LogP contribution in [-0.2, 0) is 9.53 Å². The standard InChI is InChI=1S/C4Cl4O2/c5-2(6)1-4(7,8)3(9)10-1. The lowest BCUT2D eigenvalue weighted by atomic mass is 10.3. The maximum Gasteiger partial charge on any atom is 0.356 e. The third kappa shape index (κ3) is 1.10. The van der Waals surface area contributed by atoms with Gasteiger partial charge in [0.25, 0.3) is 4.33 Å². The zero-order chi connectivity index (χ0) is 7.94. The summed E-state index contributed by atoms with van der Waals surface area (Å²) in [6.45, 7) is 0. The van der Waals surface area contributed by atoms with E-state index in [1.54, 1.807) is 0 Å². The van der Waals surface area contributed by atoms with E-state index < -0.39 is 10.3 Å². The van der Waals surface area contributed by atoms with Gasteiger partial charge < -0.3 is 4.74 Å². The number of rotatable bonds is 0. The van der Waals surface area contributed by atoms with Gasteiger partial charge in [-0.05, 0) is 0 Å². The summed E-state index contributed by atoms with van der Waals surface area (Å²) in [6.07, 6.45) is 0. The molecule has 1 aliphatic rings. The summed E-state index contributed by atoms with van der Waals surface area (Å²) in [4.78, 5) is 10.4. The Bertz CT molecular complexity index is 215. The second kappa shape index (κ2) is 2.45. The van der Waals surface area contributed by atoms with Gasteiger partial charge in [-0.3, -0.25) is 0 Å². The molecule has 0 saturated carbocycles. The second-order valence-electron chi connectivity index (χ2n) is 1.55. The fourth-order valence-electron chi connectivity index (χ4n) is 0.424. The molecule has 0 amide bonds. The van der Waals surface area contributed by atoms with Gasteiger partial charge in [0.1, 0.15) is 4.49 Å². The fraction of sp³-hybridized carbons (Fsp3) is 0.250. The van der Waals surface area contributed by atoms with Gasteiger partial charge in [-0.15, -0.1) is 0 Å². The highest BCUT2D eigenvalue weighted by Gasteiger charge is 2.54. The third-order valence-corrected chi connectivity index (χ3v) is 1.90. The van der Waals surface area contributed by atoms with Crippen molar-refractivity contribution in [3.05, 3.63) is 10.3 Å². The molecule has 0 aliphatic carbocycles. The first kappa shape index (κ1) is 8.47. The van der Waals surface area contributed by atoms with Crippen LogP contribution in [0.1, 0.15) is 0 Å². The van der Waals surface area contributed by atoms with Crippen LogP contribution in [0.3, 0.4) is 0 Å². The van der Waals surface area contributed by atoms with Crippen LogP contribution in [0.2, 0.25) is 0 Å². The molecule has 1 fully saturated rings. The van der Waals surface area contributed by atoms with Gasteiger partial charge in [0, 0.05) is 0 Å². The Kier molecular flexibility index (Phi) is 2.07. The van der Waals surface area contributed by atoms with E-state index in [-0.39, 0.29) is 10.3 Å². The van der Waals surface area contributed by atoms with Crippen molar-refractivity contribution < 1.29 is 9.53 Å². The van der Waals surface area contributed by atoms with Crippen LogP contribution in [0.4, 0.5) is 0 Å². The van der Waals surface area contributed by atoms with E-state index in [1.807, 2.05) is 0 Å². The average Bonchev–Trinajstić information content (AvgIpc) is 1.82. The van der Waals surface area contributed by atoms with Crippen LogP contribution in [0.25, 0.3) is 0 Å². The number of alkyl halides is 2. The molecule has 0 aromatic heterocycles. The van der Waals surface area contributed by atoms with Crippen molar-refractivity contribution in [2.45, 2.75) is 4.33 Å². The van der Waals surface area contributed by atoms with E-state index >= 15 is 0 Å². The molecule has 0 N–H and O–H groups in total. The van der Waals surface area contributed by atoms with E-state index in [4.69, 9.17) is 46.4 Å². The van der Waals surface area contributed by atoms with Crippen molar-refractivity contribution >= 4 is 52.4 Å². The Hall–Kier alpha value is 0.370. The predicted molar refractivity (Wildman–Crippen MR) is 39.3 cm³/mol. The molecule has 2 nitrogen and oxygen atoms in total. The van der Waals surface area contributed by atoms with Crippen LogP contribution in [0.15, 0.2) is 10.3 Å². The molecule has 0 bridgehead atoms. The molecule has 6 heteroatoms. The van der Waals surface area contributed by atoms with Gasteiger partial charge in [-0.25, -0.2) is 4.79 Å². The molecule has 0 radical (unpaired) electrons. The molecule has 0 aromatic rings. The lowest BCUT2D eigenvalue weighted by Crippen LogP contribution is -2.43. The van der Waals surface area contributed by atoms with Crippen LogP contribution >= 0.6 is 46.4 Å². The Morgan fingerprint density at radius 1 is 1.40 bits per heavy atom. The van der Waals surface area contributed by atoms with Gasteiger partial charge in [0.05, 0.1) is 0 Å². The molecule has 0 aromatic carbocycles. The maximum absolute atomic E-state index is 10.4. The monoisotopic (exact) mass is 220 g/mol. The molecule has 10 heavy (non-hydrogen) atoms. The smallest absolute Gasteiger partial charge is 0.356 e. The summed E-state index contributed by atoms with van der Waals surface area (Å²) in [5, 5.41) is 0. The van der Waals surface area contributed by atoms with Crippen LogP contribution in [-0.4, -0.2) is 10.3 Å². The van der Waals surface area contributed by atoms with E-state index in [0.29, 0.717) is 0 Å². The van der Waals surface area contributed by atoms with E-state index in [0.717, 1.165) is 0 Å². The minimum Gasteiger partial charge on any atom is -0.422 e. The molecule has 0 unspecified atom stereocenters. The van der Waals surface area contributed by atoms with Crippen LogP contribution in [0, 0.1) is 0 Å². The average molecular weight is 222 g/mol. The minimum absolute atomic E-state index is 0.107. The number of esters is 1. The number of cyclic esters (lactones) is 1. The molecular weight excluding hydrogens is 222 g/mol. The maximum atomic E-state index is 10.4. The number of carbonyl (C=O) groups excluding carboxylic acids is 1. The molecule has 0 spiro atoms. The lowest BCUT2D eigenvalue weighted by molar-refractivity contribution is -0.150. The Balaban J connectivity index is 2.93. The van der Waals surface area contributed by atoms with Crippen LogP contribution in [0.5, 0.6) is 0 Å². The lowest BCUT2D eigenvalue weighted by Gasteiger charge is -2.29. The highest BCUT2D eigenvalue weighted by Crippen LogP contribution is 2.44. The highest BCUT2D eigenvalue weighted by molar-refractivity contribution is 6.64. The van der Waals surface area contributed by atoms with Gasteiger partial charge in [0.2, 0.25) is 0 Å². The first-order valence-electron chi connectivity index (χ1n) is 2.12.